The van der Waals surface area contributed by atoms with Gasteiger partial charge in [0, 0.05) is 11.1 Å². The Bertz CT molecular complexity index is 560. The van der Waals surface area contributed by atoms with Crippen molar-refractivity contribution in [1.29, 1.82) is 0 Å². The second kappa shape index (κ2) is 5.53. The number of rotatable bonds is 3. The lowest BCUT2D eigenvalue weighted by atomic mass is 10.1. The normalized spacial score (nSPS) is 12.7. The molecule has 2 rings (SSSR count). The van der Waals surface area contributed by atoms with Crippen molar-refractivity contribution >= 4 is 38.3 Å². The van der Waals surface area contributed by atoms with E-state index in [1.807, 2.05) is 56.3 Å². The molecule has 0 heterocycles. The van der Waals surface area contributed by atoms with Gasteiger partial charge >= 0.3 is 0 Å². The molecular formula is C15H16BrNO. The van der Waals surface area contributed by atoms with Gasteiger partial charge in [0.15, 0.2) is 0 Å². The highest BCUT2D eigenvalue weighted by Crippen LogP contribution is 2.24. The highest BCUT2D eigenvalue weighted by molar-refractivity contribution is 9.10. The molecule has 0 bridgehead atoms. The Labute approximate surface area is 116 Å². The van der Waals surface area contributed by atoms with E-state index < -0.39 is 0 Å². The third-order valence-electron chi connectivity index (χ3n) is 2.88. The van der Waals surface area contributed by atoms with Gasteiger partial charge in [-0.05, 0) is 17.4 Å². The largest absolute Gasteiger partial charge is 0.325 e. The Balaban J connectivity index is 2.30. The van der Waals surface area contributed by atoms with Crippen LogP contribution in [-0.2, 0) is 4.79 Å². The number of carbonyl (C=O) groups is 1. The maximum Gasteiger partial charge on any atom is 0.238 e. The Morgan fingerprint density at radius 2 is 1.78 bits per heavy atom. The highest BCUT2D eigenvalue weighted by Gasteiger charge is 2.18. The Hall–Kier alpha value is -1.35. The molecule has 0 fully saturated rings. The van der Waals surface area contributed by atoms with Crippen molar-refractivity contribution in [3.05, 3.63) is 42.5 Å². The molecule has 94 valence electrons. The number of alkyl halides is 1. The second-order valence-corrected chi connectivity index (χ2v) is 5.65. The number of nitrogens with one attached hydrogen (secondary N) is 1. The van der Waals surface area contributed by atoms with E-state index in [2.05, 4.69) is 21.2 Å². The second-order valence-electron chi connectivity index (χ2n) is 4.66. The van der Waals surface area contributed by atoms with Gasteiger partial charge in [-0.2, -0.15) is 0 Å². The van der Waals surface area contributed by atoms with Crippen molar-refractivity contribution in [1.82, 2.24) is 0 Å². The molecule has 0 saturated heterocycles. The SMILES string of the molecule is CC(C)[C@@H](Br)C(=O)Nc1cccc2ccccc12. The number of benzene rings is 2. The van der Waals surface area contributed by atoms with E-state index in [1.165, 1.54) is 0 Å². The van der Waals surface area contributed by atoms with Crippen molar-refractivity contribution in [2.75, 3.05) is 5.32 Å². The Morgan fingerprint density at radius 1 is 1.11 bits per heavy atom. The number of fused-ring (bicyclic) bond motifs is 1. The summed E-state index contributed by atoms with van der Waals surface area (Å²) in [7, 11) is 0. The van der Waals surface area contributed by atoms with Crippen LogP contribution in [0.1, 0.15) is 13.8 Å². The first-order chi connectivity index (χ1) is 8.59. The fourth-order valence-electron chi connectivity index (χ4n) is 1.84. The smallest absolute Gasteiger partial charge is 0.238 e. The van der Waals surface area contributed by atoms with Crippen LogP contribution in [0, 0.1) is 5.92 Å². The molecule has 2 aromatic rings. The predicted octanol–water partition coefficient (Wildman–Crippen LogP) is 4.20. The molecule has 0 radical (unpaired) electrons. The summed E-state index contributed by atoms with van der Waals surface area (Å²) in [5, 5.41) is 5.18. The fraction of sp³-hybridized carbons (Fsp3) is 0.267. The Morgan fingerprint density at radius 3 is 2.50 bits per heavy atom. The Kier molecular flexibility index (Phi) is 4.02. The first-order valence-corrected chi connectivity index (χ1v) is 6.94. The van der Waals surface area contributed by atoms with E-state index in [9.17, 15) is 4.79 Å². The van der Waals surface area contributed by atoms with Crippen molar-refractivity contribution in [2.24, 2.45) is 5.92 Å². The molecule has 3 heteroatoms. The van der Waals surface area contributed by atoms with Crippen molar-refractivity contribution in [3.8, 4) is 0 Å². The van der Waals surface area contributed by atoms with E-state index in [-0.39, 0.29) is 16.7 Å². The van der Waals surface area contributed by atoms with E-state index in [0.717, 1.165) is 16.5 Å². The highest BCUT2D eigenvalue weighted by atomic mass is 79.9. The minimum Gasteiger partial charge on any atom is -0.325 e. The first kappa shape index (κ1) is 13.1. The maximum absolute atomic E-state index is 12.0. The van der Waals surface area contributed by atoms with Crippen LogP contribution in [0.2, 0.25) is 0 Å². The topological polar surface area (TPSA) is 29.1 Å². The van der Waals surface area contributed by atoms with Crippen LogP contribution in [0.4, 0.5) is 5.69 Å². The molecule has 2 nitrogen and oxygen atoms in total. The summed E-state index contributed by atoms with van der Waals surface area (Å²) in [4.78, 5) is 11.9. The van der Waals surface area contributed by atoms with E-state index >= 15 is 0 Å². The summed E-state index contributed by atoms with van der Waals surface area (Å²) in [6.07, 6.45) is 0. The van der Waals surface area contributed by atoms with Gasteiger partial charge in [0.1, 0.15) is 0 Å². The van der Waals surface area contributed by atoms with Crippen LogP contribution in [0.3, 0.4) is 0 Å². The number of hydrogen-bond acceptors (Lipinski definition) is 1. The van der Waals surface area contributed by atoms with Crippen LogP contribution in [-0.4, -0.2) is 10.7 Å². The van der Waals surface area contributed by atoms with E-state index in [1.54, 1.807) is 0 Å². The molecule has 0 spiro atoms. The van der Waals surface area contributed by atoms with Crippen molar-refractivity contribution in [3.63, 3.8) is 0 Å². The molecule has 0 aliphatic rings. The molecule has 2 aromatic carbocycles. The molecule has 0 aliphatic carbocycles. The van der Waals surface area contributed by atoms with Crippen LogP contribution in [0.5, 0.6) is 0 Å². The summed E-state index contributed by atoms with van der Waals surface area (Å²) < 4.78 is 0. The van der Waals surface area contributed by atoms with Crippen LogP contribution in [0.15, 0.2) is 42.5 Å². The van der Waals surface area contributed by atoms with Gasteiger partial charge in [0.05, 0.1) is 4.83 Å². The molecular weight excluding hydrogens is 290 g/mol. The summed E-state index contributed by atoms with van der Waals surface area (Å²) >= 11 is 3.42. The number of amides is 1. The van der Waals surface area contributed by atoms with Gasteiger partial charge in [-0.15, -0.1) is 0 Å². The average Bonchev–Trinajstić information content (AvgIpc) is 2.38. The number of carbonyl (C=O) groups excluding carboxylic acids is 1. The summed E-state index contributed by atoms with van der Waals surface area (Å²) in [5.74, 6) is 0.265. The van der Waals surface area contributed by atoms with Crippen molar-refractivity contribution < 1.29 is 4.79 Å². The maximum atomic E-state index is 12.0. The third-order valence-corrected chi connectivity index (χ3v) is 4.36. The monoisotopic (exact) mass is 305 g/mol. The third kappa shape index (κ3) is 2.72. The molecule has 0 saturated carbocycles. The van der Waals surface area contributed by atoms with E-state index in [0.29, 0.717) is 0 Å². The summed E-state index contributed by atoms with van der Waals surface area (Å²) in [6.45, 7) is 4.03. The van der Waals surface area contributed by atoms with Gasteiger partial charge in [0.2, 0.25) is 5.91 Å². The van der Waals surface area contributed by atoms with Gasteiger partial charge < -0.3 is 5.32 Å². The zero-order valence-electron chi connectivity index (χ0n) is 10.5. The van der Waals surface area contributed by atoms with E-state index in [4.69, 9.17) is 0 Å². The molecule has 1 atom stereocenters. The summed E-state index contributed by atoms with van der Waals surface area (Å²) in [6, 6.07) is 14.0. The van der Waals surface area contributed by atoms with Crippen LogP contribution < -0.4 is 5.32 Å². The molecule has 1 amide bonds. The van der Waals surface area contributed by atoms with Gasteiger partial charge in [-0.3, -0.25) is 4.79 Å². The van der Waals surface area contributed by atoms with Crippen LogP contribution in [0.25, 0.3) is 10.8 Å². The number of anilines is 1. The molecule has 0 unspecified atom stereocenters. The van der Waals surface area contributed by atoms with Crippen molar-refractivity contribution in [2.45, 2.75) is 18.7 Å². The quantitative estimate of drug-likeness (QED) is 0.846. The molecule has 0 aromatic heterocycles. The predicted molar refractivity (Wildman–Crippen MR) is 80.1 cm³/mol. The lowest BCUT2D eigenvalue weighted by molar-refractivity contribution is -0.116. The standard InChI is InChI=1S/C15H16BrNO/c1-10(2)14(16)15(18)17-13-9-5-7-11-6-3-4-8-12(11)13/h3-10,14H,1-2H3,(H,17,18)/t14-/m1/s1. The number of hydrogen-bond donors (Lipinski definition) is 1. The zero-order valence-corrected chi connectivity index (χ0v) is 12.1. The lowest BCUT2D eigenvalue weighted by Gasteiger charge is -2.15. The fourth-order valence-corrected chi connectivity index (χ4v) is 1.95. The lowest BCUT2D eigenvalue weighted by Crippen LogP contribution is -2.27. The average molecular weight is 306 g/mol. The summed E-state index contributed by atoms with van der Waals surface area (Å²) in [5.41, 5.74) is 0.864. The molecule has 18 heavy (non-hydrogen) atoms. The minimum atomic E-state index is -0.170. The van der Waals surface area contributed by atoms with Gasteiger partial charge in [-0.1, -0.05) is 66.2 Å². The molecule has 0 aliphatic heterocycles. The first-order valence-electron chi connectivity index (χ1n) is 6.02. The number of halogens is 1. The minimum absolute atomic E-state index is 0.00125. The molecule has 1 N–H and O–H groups in total. The van der Waals surface area contributed by atoms with Gasteiger partial charge in [-0.25, -0.2) is 0 Å². The van der Waals surface area contributed by atoms with Gasteiger partial charge in [0.25, 0.3) is 0 Å². The zero-order chi connectivity index (χ0) is 13.1. The van der Waals surface area contributed by atoms with Crippen LogP contribution >= 0.6 is 15.9 Å².